The Hall–Kier alpha value is -0.140. The largest absolute Gasteiger partial charge is 0.333 e. The molecule has 7 heteroatoms. The third-order valence-electron chi connectivity index (χ3n) is 1.05. The van der Waals surface area contributed by atoms with E-state index < -0.39 is 10.3 Å². The molecule has 0 unspecified atom stereocenters. The normalized spacial score (nSPS) is 11.8. The lowest BCUT2D eigenvalue weighted by atomic mass is 10.5. The molecule has 0 aromatic carbocycles. The molecule has 1 aromatic heterocycles. The fourth-order valence-electron chi connectivity index (χ4n) is 0.564. The van der Waals surface area contributed by atoms with Crippen LogP contribution in [-0.2, 0) is 21.1 Å². The maximum Gasteiger partial charge on any atom is 0.333 e. The summed E-state index contributed by atoms with van der Waals surface area (Å²) >= 11 is 6.98. The van der Waals surface area contributed by atoms with Crippen molar-refractivity contribution in [1.29, 1.82) is 0 Å². The van der Waals surface area contributed by atoms with E-state index in [0.717, 1.165) is 0 Å². The maximum absolute atomic E-state index is 10.4. The first-order valence-corrected chi connectivity index (χ1v) is 5.61. The van der Waals surface area contributed by atoms with Crippen molar-refractivity contribution in [1.82, 2.24) is 0 Å². The second kappa shape index (κ2) is 3.71. The van der Waals surface area contributed by atoms with Crippen LogP contribution in [0.2, 0.25) is 5.02 Å². The van der Waals surface area contributed by atoms with Crippen LogP contribution in [0, 0.1) is 0 Å². The molecule has 0 saturated carbocycles. The highest BCUT2D eigenvalue weighted by molar-refractivity contribution is 7.84. The monoisotopic (exact) mass is 227 g/mol. The average Bonchev–Trinajstić information content (AvgIpc) is 2.29. The SMILES string of the molecule is NS(=O)(=O)OCc1sccc1Cl. The minimum atomic E-state index is -3.87. The van der Waals surface area contributed by atoms with E-state index >= 15 is 0 Å². The third-order valence-corrected chi connectivity index (χ3v) is 2.85. The van der Waals surface area contributed by atoms with Gasteiger partial charge in [-0.25, -0.2) is 5.14 Å². The Morgan fingerprint density at radius 1 is 1.67 bits per heavy atom. The molecule has 12 heavy (non-hydrogen) atoms. The molecular weight excluding hydrogens is 222 g/mol. The summed E-state index contributed by atoms with van der Waals surface area (Å²) in [7, 11) is -3.87. The first-order chi connectivity index (χ1) is 5.49. The lowest BCUT2D eigenvalue weighted by Gasteiger charge is -1.97. The molecule has 1 heterocycles. The summed E-state index contributed by atoms with van der Waals surface area (Å²) in [6.45, 7) is -0.102. The third kappa shape index (κ3) is 3.08. The highest BCUT2D eigenvalue weighted by atomic mass is 35.5. The van der Waals surface area contributed by atoms with Gasteiger partial charge in [0.2, 0.25) is 0 Å². The van der Waals surface area contributed by atoms with Gasteiger partial charge < -0.3 is 0 Å². The van der Waals surface area contributed by atoms with E-state index in [4.69, 9.17) is 11.6 Å². The summed E-state index contributed by atoms with van der Waals surface area (Å²) in [6, 6.07) is 1.66. The summed E-state index contributed by atoms with van der Waals surface area (Å²) in [4.78, 5) is 0.644. The zero-order valence-corrected chi connectivity index (χ0v) is 8.25. The van der Waals surface area contributed by atoms with Crippen LogP contribution in [0.15, 0.2) is 11.4 Å². The van der Waals surface area contributed by atoms with Gasteiger partial charge in [0.25, 0.3) is 0 Å². The number of halogens is 1. The van der Waals surface area contributed by atoms with Gasteiger partial charge in [0.1, 0.15) is 6.61 Å². The van der Waals surface area contributed by atoms with E-state index in [1.807, 2.05) is 0 Å². The molecule has 0 atom stereocenters. The van der Waals surface area contributed by atoms with Gasteiger partial charge in [0.05, 0.1) is 9.90 Å². The van der Waals surface area contributed by atoms with Crippen LogP contribution in [-0.4, -0.2) is 8.42 Å². The molecule has 0 amide bonds. The van der Waals surface area contributed by atoms with Gasteiger partial charge in [-0.15, -0.1) is 11.3 Å². The number of hydrogen-bond acceptors (Lipinski definition) is 4. The van der Waals surface area contributed by atoms with E-state index in [1.54, 1.807) is 11.4 Å². The summed E-state index contributed by atoms with van der Waals surface area (Å²) in [5.41, 5.74) is 0. The molecule has 0 aliphatic carbocycles. The van der Waals surface area contributed by atoms with Crippen LogP contribution in [0.5, 0.6) is 0 Å². The molecule has 4 nitrogen and oxygen atoms in total. The number of thiophene rings is 1. The minimum Gasteiger partial charge on any atom is -0.253 e. The molecule has 2 N–H and O–H groups in total. The van der Waals surface area contributed by atoms with Crippen LogP contribution in [0.1, 0.15) is 4.88 Å². The standard InChI is InChI=1S/C5H6ClNO3S2/c6-4-1-2-11-5(4)3-10-12(7,8)9/h1-2H,3H2,(H2,7,8,9). The van der Waals surface area contributed by atoms with Crippen molar-refractivity contribution in [2.45, 2.75) is 6.61 Å². The fraction of sp³-hybridized carbons (Fsp3) is 0.200. The Balaban J connectivity index is 2.61. The van der Waals surface area contributed by atoms with Gasteiger partial charge in [-0.1, -0.05) is 11.6 Å². The Labute approximate surface area is 79.2 Å². The highest BCUT2D eigenvalue weighted by Gasteiger charge is 2.06. The summed E-state index contributed by atoms with van der Waals surface area (Å²) in [5.74, 6) is 0. The van der Waals surface area contributed by atoms with Crippen LogP contribution in [0.4, 0.5) is 0 Å². The van der Waals surface area contributed by atoms with Crippen LogP contribution in [0.25, 0.3) is 0 Å². The maximum atomic E-state index is 10.4. The van der Waals surface area contributed by atoms with Crippen molar-refractivity contribution >= 4 is 33.2 Å². The number of nitrogens with two attached hydrogens (primary N) is 1. The Kier molecular flexibility index (Phi) is 3.08. The fourth-order valence-corrected chi connectivity index (χ4v) is 1.92. The first-order valence-electron chi connectivity index (χ1n) is 2.88. The topological polar surface area (TPSA) is 69.4 Å². The minimum absolute atomic E-state index is 0.102. The summed E-state index contributed by atoms with van der Waals surface area (Å²) < 4.78 is 25.0. The van der Waals surface area contributed by atoms with Crippen molar-refractivity contribution in [3.8, 4) is 0 Å². The molecule has 0 aliphatic rings. The van der Waals surface area contributed by atoms with Gasteiger partial charge >= 0.3 is 10.3 Å². The summed E-state index contributed by atoms with van der Waals surface area (Å²) in [6.07, 6.45) is 0. The van der Waals surface area contributed by atoms with E-state index in [9.17, 15) is 8.42 Å². The Bertz CT molecular complexity index is 359. The van der Waals surface area contributed by atoms with Crippen LogP contribution in [0.3, 0.4) is 0 Å². The van der Waals surface area contributed by atoms with Crippen molar-refractivity contribution in [3.63, 3.8) is 0 Å². The summed E-state index contributed by atoms with van der Waals surface area (Å²) in [5, 5.41) is 6.84. The van der Waals surface area contributed by atoms with Crippen LogP contribution >= 0.6 is 22.9 Å². The molecule has 0 aliphatic heterocycles. The molecule has 0 saturated heterocycles. The Morgan fingerprint density at radius 3 is 2.75 bits per heavy atom. The zero-order valence-electron chi connectivity index (χ0n) is 5.86. The predicted octanol–water partition coefficient (Wildman–Crippen LogP) is 1.12. The number of rotatable bonds is 3. The zero-order chi connectivity index (χ0) is 9.19. The van der Waals surface area contributed by atoms with Gasteiger partial charge in [-0.2, -0.15) is 8.42 Å². The lowest BCUT2D eigenvalue weighted by Crippen LogP contribution is -2.15. The van der Waals surface area contributed by atoms with Crippen molar-refractivity contribution in [2.75, 3.05) is 0 Å². The van der Waals surface area contributed by atoms with Crippen molar-refractivity contribution < 1.29 is 12.6 Å². The highest BCUT2D eigenvalue weighted by Crippen LogP contribution is 2.22. The molecule has 1 aromatic rings. The van der Waals surface area contributed by atoms with Gasteiger partial charge in [0, 0.05) is 0 Å². The lowest BCUT2D eigenvalue weighted by molar-refractivity contribution is 0.312. The van der Waals surface area contributed by atoms with Gasteiger partial charge in [0.15, 0.2) is 0 Å². The van der Waals surface area contributed by atoms with E-state index in [1.165, 1.54) is 11.3 Å². The van der Waals surface area contributed by atoms with Gasteiger partial charge in [-0.05, 0) is 11.4 Å². The molecular formula is C5H6ClNO3S2. The number of hydrogen-bond donors (Lipinski definition) is 1. The van der Waals surface area contributed by atoms with Gasteiger partial charge in [-0.3, -0.25) is 4.18 Å². The van der Waals surface area contributed by atoms with E-state index in [2.05, 4.69) is 9.32 Å². The molecule has 1 rings (SSSR count). The van der Waals surface area contributed by atoms with Crippen molar-refractivity contribution in [3.05, 3.63) is 21.3 Å². The van der Waals surface area contributed by atoms with Crippen molar-refractivity contribution in [2.24, 2.45) is 5.14 Å². The first kappa shape index (κ1) is 9.94. The molecule has 0 spiro atoms. The van der Waals surface area contributed by atoms with E-state index in [0.29, 0.717) is 9.90 Å². The molecule has 0 radical (unpaired) electrons. The smallest absolute Gasteiger partial charge is 0.253 e. The van der Waals surface area contributed by atoms with E-state index in [-0.39, 0.29) is 6.61 Å². The molecule has 0 bridgehead atoms. The second-order valence-electron chi connectivity index (χ2n) is 1.95. The Morgan fingerprint density at radius 2 is 2.33 bits per heavy atom. The molecule has 0 fully saturated rings. The quantitative estimate of drug-likeness (QED) is 0.842. The predicted molar refractivity (Wildman–Crippen MR) is 47.2 cm³/mol. The average molecular weight is 228 g/mol. The second-order valence-corrected chi connectivity index (χ2v) is 4.58. The molecule has 68 valence electrons. The van der Waals surface area contributed by atoms with Crippen LogP contribution < -0.4 is 5.14 Å².